The number of quaternary nitrogens is 3. The number of phenols is 1. The number of hydrogen-bond acceptors (Lipinski definition) is 14. The van der Waals surface area contributed by atoms with E-state index >= 15 is 0 Å². The zero-order valence-electron chi connectivity index (χ0n) is 49.2. The number of unbranched alkanes of at least 4 members (excludes halogenated alkanes) is 1. The van der Waals surface area contributed by atoms with Gasteiger partial charge in [-0.25, -0.2) is 4.79 Å². The molecule has 0 aromatic heterocycles. The summed E-state index contributed by atoms with van der Waals surface area (Å²) in [5.41, 5.74) is 17.6. The van der Waals surface area contributed by atoms with Gasteiger partial charge in [0.1, 0.15) is 54.3 Å². The van der Waals surface area contributed by atoms with E-state index in [0.717, 1.165) is 6.42 Å². The van der Waals surface area contributed by atoms with E-state index in [0.29, 0.717) is 43.2 Å². The fourth-order valence-corrected chi connectivity index (χ4v) is 8.00. The van der Waals surface area contributed by atoms with E-state index in [1.807, 2.05) is 13.8 Å². The van der Waals surface area contributed by atoms with E-state index in [9.17, 15) is 77.6 Å². The molecule has 29 nitrogen and oxygen atoms in total. The van der Waals surface area contributed by atoms with Crippen molar-refractivity contribution in [2.45, 2.75) is 179 Å². The van der Waals surface area contributed by atoms with Gasteiger partial charge < -0.3 is 90.7 Å². The fraction of sp³-hybridized carbons (Fsp3) is 0.554. The van der Waals surface area contributed by atoms with E-state index < -0.39 is 150 Å². The first-order valence-electron chi connectivity index (χ1n) is 28.0. The minimum absolute atomic E-state index is 0.00140. The molecule has 0 aliphatic carbocycles. The first-order valence-corrected chi connectivity index (χ1v) is 28.0. The van der Waals surface area contributed by atoms with Crippen LogP contribution in [-0.4, -0.2) is 165 Å². The monoisotopic (exact) mass is 1200 g/mol. The molecule has 0 saturated heterocycles. The third-order valence-electron chi connectivity index (χ3n) is 13.1. The number of carbonyl (C=O) groups is 13. The smallest absolute Gasteiger partial charge is 0.326 e. The summed E-state index contributed by atoms with van der Waals surface area (Å²) in [6, 6.07) is 3.32. The van der Waals surface area contributed by atoms with Crippen molar-refractivity contribution in [1.82, 2.24) is 42.5 Å². The highest BCUT2D eigenvalue weighted by Crippen LogP contribution is 2.15. The van der Waals surface area contributed by atoms with Gasteiger partial charge >= 0.3 is 17.9 Å². The molecule has 0 unspecified atom stereocenters. The van der Waals surface area contributed by atoms with Crippen molar-refractivity contribution >= 4 is 77.4 Å². The number of benzene rings is 2. The second-order valence-corrected chi connectivity index (χ2v) is 21.2. The van der Waals surface area contributed by atoms with Gasteiger partial charge in [-0.2, -0.15) is 0 Å². The van der Waals surface area contributed by atoms with E-state index in [2.05, 4.69) is 59.7 Å². The van der Waals surface area contributed by atoms with Crippen LogP contribution in [0.2, 0.25) is 0 Å². The Morgan fingerprint density at radius 2 is 1.00 bits per heavy atom. The lowest BCUT2D eigenvalue weighted by atomic mass is 9.97. The first kappa shape index (κ1) is 74.4. The standard InChI is InChI=1S/C35H50N6O9.C21H36N6O8/c1-3-21(2)30(35(49)50)41-34(48)28(19-22-9-5-4-6-10-22)40-33(47)27(20-23-12-14-24(42)15-13-23)39-32(46)26(16-17-29(43)44)38-31(45)25(37)11-7-8-18-36;1-10(2)7-14(26-18(32)12(4)22)21(35)25-13(5-6-16(23)29)19(33)27-15(8-17(30)31)20(34)24-11(3)9-28/h4-6,9-10,12-15,21,25-28,30,42H,3,7-8,11,16-20,36-37H2,1-2H3,(H,38,45)(H,39,46)(H,40,47)(H,41,48)(H,43,44)(H,49,50);9-15H,5-8,22H2,1-4H3,(H2,23,29)(H,24,34)(H,25,35)(H,26,32)(H,27,33)(H,30,31)/p+3/t21-,25-,26-,27-,28-,30-;11-,12-,13-,14-,15-/m00/s1. The minimum atomic E-state index is -1.56. The van der Waals surface area contributed by atoms with Crippen LogP contribution in [-0.2, 0) is 75.2 Å². The second kappa shape index (κ2) is 39.1. The Balaban J connectivity index is 0.000000908. The molecule has 23 N–H and O–H groups in total. The average Bonchev–Trinajstić information content (AvgIpc) is 3.65. The molecule has 0 spiro atoms. The molecule has 9 amide bonds. The highest BCUT2D eigenvalue weighted by molar-refractivity contribution is 5.97. The van der Waals surface area contributed by atoms with E-state index in [1.165, 1.54) is 19.1 Å². The Bertz CT molecular complexity index is 2550. The van der Waals surface area contributed by atoms with Gasteiger partial charge in [0.05, 0.1) is 19.0 Å². The number of hydrogen-bond donors (Lipinski definition) is 16. The molecule has 11 atom stereocenters. The summed E-state index contributed by atoms with van der Waals surface area (Å²) in [4.78, 5) is 161. The molecule has 2 aromatic carbocycles. The number of carboxylic acids is 3. The summed E-state index contributed by atoms with van der Waals surface area (Å²) in [7, 11) is 0. The van der Waals surface area contributed by atoms with E-state index in [4.69, 9.17) is 10.8 Å². The lowest BCUT2D eigenvalue weighted by Gasteiger charge is -2.27. The largest absolute Gasteiger partial charge is 0.508 e. The number of carbonyl (C=O) groups excluding carboxylic acids is 10. The number of primary amides is 1. The lowest BCUT2D eigenvalue weighted by molar-refractivity contribution is -0.406. The minimum Gasteiger partial charge on any atom is -0.508 e. The molecule has 0 heterocycles. The number of nitrogens with one attached hydrogen (secondary N) is 8. The Labute approximate surface area is 493 Å². The summed E-state index contributed by atoms with van der Waals surface area (Å²) in [6.07, 6.45) is 0.880. The SMILES string of the molecule is CC(C)C[C@H](NC(=O)[C@H](C)[NH3+])C(=O)N[C@@H](CCC(N)=O)C(=O)N[C@@H](CC(=O)O)C(=O)N[C@@H](C)C=O.CC[C@H](C)[C@H](NC(=O)[C@H](Cc1ccccc1)NC(=O)[C@H](Cc1ccc(O)cc1)NC(=O)[C@H](CCC(=O)O)NC(=O)[C@@H]([NH3+])CCCC[NH3+])C(=O)O. The Hall–Kier alpha value is -8.57. The third kappa shape index (κ3) is 30.0. The van der Waals surface area contributed by atoms with Gasteiger partial charge in [-0.15, -0.1) is 0 Å². The van der Waals surface area contributed by atoms with Crippen LogP contribution in [0.25, 0.3) is 0 Å². The molecular weight excluding hydrogens is 1110 g/mol. The molecule has 0 aliphatic heterocycles. The predicted octanol–water partition coefficient (Wildman–Crippen LogP) is -4.30. The molecular formula is C56H89N12O17+3. The van der Waals surface area contributed by atoms with Crippen molar-refractivity contribution in [2.75, 3.05) is 6.54 Å². The molecule has 0 radical (unpaired) electrons. The molecule has 2 aromatic rings. The summed E-state index contributed by atoms with van der Waals surface area (Å²) < 4.78 is 0. The number of phenolic OH excluding ortho intramolecular Hbond substituents is 1. The summed E-state index contributed by atoms with van der Waals surface area (Å²) >= 11 is 0. The third-order valence-corrected chi connectivity index (χ3v) is 13.1. The Morgan fingerprint density at radius 1 is 0.541 bits per heavy atom. The number of aromatic hydroxyl groups is 1. The topological polar surface area (TPSA) is 508 Å². The number of carboxylic acid groups (broad SMARTS) is 3. The zero-order valence-corrected chi connectivity index (χ0v) is 49.2. The van der Waals surface area contributed by atoms with Crippen LogP contribution >= 0.6 is 0 Å². The van der Waals surface area contributed by atoms with Crippen molar-refractivity contribution < 1.29 is 100.0 Å². The molecule has 85 heavy (non-hydrogen) atoms. The van der Waals surface area contributed by atoms with Crippen molar-refractivity contribution in [3.8, 4) is 5.75 Å². The predicted molar refractivity (Wildman–Crippen MR) is 304 cm³/mol. The second-order valence-electron chi connectivity index (χ2n) is 21.2. The van der Waals surface area contributed by atoms with Gasteiger partial charge in [0, 0.05) is 32.1 Å². The van der Waals surface area contributed by atoms with Crippen molar-refractivity contribution in [2.24, 2.45) is 17.6 Å². The van der Waals surface area contributed by atoms with Gasteiger partial charge in [-0.05, 0) is 81.0 Å². The number of aliphatic carboxylic acids is 3. The molecule has 0 saturated carbocycles. The van der Waals surface area contributed by atoms with E-state index in [-0.39, 0.29) is 50.2 Å². The number of amides is 9. The lowest BCUT2D eigenvalue weighted by Crippen LogP contribution is -2.69. The van der Waals surface area contributed by atoms with Gasteiger partial charge in [0.25, 0.3) is 11.8 Å². The van der Waals surface area contributed by atoms with Crippen LogP contribution < -0.4 is 65.5 Å². The maximum Gasteiger partial charge on any atom is 0.326 e. The quantitative estimate of drug-likeness (QED) is 0.0223. The summed E-state index contributed by atoms with van der Waals surface area (Å²) in [5, 5.41) is 57.9. The molecule has 0 fully saturated rings. The molecule has 472 valence electrons. The van der Waals surface area contributed by atoms with Crippen LogP contribution in [0.15, 0.2) is 54.6 Å². The van der Waals surface area contributed by atoms with Crippen molar-refractivity contribution in [1.29, 1.82) is 0 Å². The van der Waals surface area contributed by atoms with Crippen LogP contribution in [0, 0.1) is 11.8 Å². The highest BCUT2D eigenvalue weighted by Gasteiger charge is 2.35. The summed E-state index contributed by atoms with van der Waals surface area (Å²) in [5.74, 6) is -11.0. The molecule has 0 bridgehead atoms. The maximum atomic E-state index is 14.0. The van der Waals surface area contributed by atoms with E-state index in [1.54, 1.807) is 63.2 Å². The average molecular weight is 1200 g/mol. The summed E-state index contributed by atoms with van der Waals surface area (Å²) in [6.45, 7) is 10.7. The van der Waals surface area contributed by atoms with Crippen LogP contribution in [0.4, 0.5) is 0 Å². The number of nitrogens with two attached hydrogens (primary N) is 1. The maximum absolute atomic E-state index is 14.0. The van der Waals surface area contributed by atoms with Gasteiger partial charge in [0.2, 0.25) is 41.4 Å². The van der Waals surface area contributed by atoms with Gasteiger partial charge in [0.15, 0.2) is 12.1 Å². The van der Waals surface area contributed by atoms with Crippen LogP contribution in [0.1, 0.15) is 117 Å². The molecule has 2 rings (SSSR count). The Kier molecular flexibility index (Phi) is 34.2. The fourth-order valence-electron chi connectivity index (χ4n) is 8.00. The zero-order chi connectivity index (χ0) is 64.5. The van der Waals surface area contributed by atoms with Crippen LogP contribution in [0.3, 0.4) is 0 Å². The highest BCUT2D eigenvalue weighted by atomic mass is 16.4. The molecule has 29 heteroatoms. The normalized spacial score (nSPS) is 14.8. The molecule has 0 aliphatic rings. The van der Waals surface area contributed by atoms with Crippen LogP contribution in [0.5, 0.6) is 5.75 Å². The van der Waals surface area contributed by atoms with Gasteiger partial charge in [-0.3, -0.25) is 52.7 Å². The van der Waals surface area contributed by atoms with Crippen molar-refractivity contribution in [3.05, 3.63) is 65.7 Å². The Morgan fingerprint density at radius 3 is 1.47 bits per heavy atom. The van der Waals surface area contributed by atoms with Gasteiger partial charge in [-0.1, -0.05) is 76.6 Å². The number of rotatable bonds is 38. The first-order chi connectivity index (χ1) is 39.9. The van der Waals surface area contributed by atoms with Crippen molar-refractivity contribution in [3.63, 3.8) is 0 Å². The number of aldehydes is 1.